The summed E-state index contributed by atoms with van der Waals surface area (Å²) in [5.41, 5.74) is 1.09. The smallest absolute Gasteiger partial charge is 0.220 e. The maximum absolute atomic E-state index is 12.2. The maximum atomic E-state index is 12.2. The second-order valence-electron chi connectivity index (χ2n) is 5.79. The summed E-state index contributed by atoms with van der Waals surface area (Å²) < 4.78 is 11.0. The van der Waals surface area contributed by atoms with Crippen molar-refractivity contribution in [1.82, 2.24) is 15.2 Å². The Morgan fingerprint density at radius 2 is 2.18 bits per heavy atom. The molecule has 2 aliphatic rings. The fourth-order valence-corrected chi connectivity index (χ4v) is 3.03. The summed E-state index contributed by atoms with van der Waals surface area (Å²) in [5.74, 6) is 0.0811. The number of rotatable bonds is 5. The third kappa shape index (κ3) is 4.03. The standard InChI is InChI=1S/C16H23N3O3/c20-16(4-3-13-2-1-5-17-10-13)18-14-11-22-12-15(14)19-6-8-21-9-7-19/h1-2,5,10,14-15H,3-4,6-9,11-12H2,(H,18,20). The number of hydrogen-bond acceptors (Lipinski definition) is 5. The molecule has 2 aliphatic heterocycles. The Labute approximate surface area is 130 Å². The molecular formula is C16H23N3O3. The lowest BCUT2D eigenvalue weighted by molar-refractivity contribution is -0.122. The highest BCUT2D eigenvalue weighted by Crippen LogP contribution is 2.15. The lowest BCUT2D eigenvalue weighted by Gasteiger charge is -2.34. The van der Waals surface area contributed by atoms with Crippen LogP contribution in [0.3, 0.4) is 0 Å². The van der Waals surface area contributed by atoms with Crippen molar-refractivity contribution in [3.63, 3.8) is 0 Å². The fraction of sp³-hybridized carbons (Fsp3) is 0.625. The van der Waals surface area contributed by atoms with E-state index in [1.165, 1.54) is 0 Å². The minimum atomic E-state index is 0.0811. The first kappa shape index (κ1) is 15.4. The molecule has 3 heterocycles. The number of morpholine rings is 1. The van der Waals surface area contributed by atoms with Crippen LogP contribution in [0.15, 0.2) is 24.5 Å². The Balaban J connectivity index is 1.47. The van der Waals surface area contributed by atoms with Crippen molar-refractivity contribution in [3.05, 3.63) is 30.1 Å². The molecule has 0 aromatic carbocycles. The second-order valence-corrected chi connectivity index (χ2v) is 5.79. The molecular weight excluding hydrogens is 282 g/mol. The monoisotopic (exact) mass is 305 g/mol. The highest BCUT2D eigenvalue weighted by atomic mass is 16.5. The summed E-state index contributed by atoms with van der Waals surface area (Å²) >= 11 is 0. The summed E-state index contributed by atoms with van der Waals surface area (Å²) in [7, 11) is 0. The molecule has 1 aromatic heterocycles. The molecule has 1 N–H and O–H groups in total. The van der Waals surface area contributed by atoms with Gasteiger partial charge in [0.1, 0.15) is 0 Å². The molecule has 0 saturated carbocycles. The number of amides is 1. The molecule has 2 saturated heterocycles. The maximum Gasteiger partial charge on any atom is 0.220 e. The summed E-state index contributed by atoms with van der Waals surface area (Å²) in [6.07, 6.45) is 4.75. The summed E-state index contributed by atoms with van der Waals surface area (Å²) in [6.45, 7) is 4.64. The van der Waals surface area contributed by atoms with Gasteiger partial charge in [0.05, 0.1) is 38.5 Å². The zero-order valence-corrected chi connectivity index (χ0v) is 12.7. The first-order valence-electron chi connectivity index (χ1n) is 7.91. The van der Waals surface area contributed by atoms with Gasteiger partial charge in [-0.3, -0.25) is 14.7 Å². The van der Waals surface area contributed by atoms with Gasteiger partial charge in [0.15, 0.2) is 0 Å². The first-order chi connectivity index (χ1) is 10.8. The van der Waals surface area contributed by atoms with Gasteiger partial charge in [0, 0.05) is 31.9 Å². The molecule has 1 aromatic rings. The van der Waals surface area contributed by atoms with Gasteiger partial charge in [-0.2, -0.15) is 0 Å². The van der Waals surface area contributed by atoms with E-state index in [0.29, 0.717) is 19.6 Å². The van der Waals surface area contributed by atoms with Crippen LogP contribution < -0.4 is 5.32 Å². The van der Waals surface area contributed by atoms with E-state index in [1.807, 2.05) is 18.3 Å². The van der Waals surface area contributed by atoms with Crippen molar-refractivity contribution >= 4 is 5.91 Å². The van der Waals surface area contributed by atoms with Gasteiger partial charge in [0.2, 0.25) is 5.91 Å². The SMILES string of the molecule is O=C(CCc1cccnc1)NC1COCC1N1CCOCC1. The van der Waals surface area contributed by atoms with Crippen LogP contribution in [0.5, 0.6) is 0 Å². The average molecular weight is 305 g/mol. The first-order valence-corrected chi connectivity index (χ1v) is 7.91. The van der Waals surface area contributed by atoms with Crippen molar-refractivity contribution < 1.29 is 14.3 Å². The topological polar surface area (TPSA) is 63.7 Å². The zero-order valence-electron chi connectivity index (χ0n) is 12.7. The molecule has 22 heavy (non-hydrogen) atoms. The number of aromatic nitrogens is 1. The van der Waals surface area contributed by atoms with Crippen LogP contribution >= 0.6 is 0 Å². The third-order valence-electron chi connectivity index (χ3n) is 4.28. The number of nitrogens with zero attached hydrogens (tertiary/aromatic N) is 2. The Bertz CT molecular complexity index is 477. The van der Waals surface area contributed by atoms with Gasteiger partial charge in [-0.25, -0.2) is 0 Å². The van der Waals surface area contributed by atoms with Crippen molar-refractivity contribution in [1.29, 1.82) is 0 Å². The predicted octanol–water partition coefficient (Wildman–Crippen LogP) is 0.230. The van der Waals surface area contributed by atoms with Crippen LogP contribution in [-0.2, 0) is 20.7 Å². The van der Waals surface area contributed by atoms with E-state index < -0.39 is 0 Å². The van der Waals surface area contributed by atoms with Crippen LogP contribution in [-0.4, -0.2) is 67.4 Å². The van der Waals surface area contributed by atoms with Gasteiger partial charge in [0.25, 0.3) is 0 Å². The molecule has 120 valence electrons. The number of carbonyl (C=O) groups is 1. The molecule has 1 amide bonds. The fourth-order valence-electron chi connectivity index (χ4n) is 3.03. The molecule has 0 aliphatic carbocycles. The number of aryl methyl sites for hydroxylation is 1. The minimum Gasteiger partial charge on any atom is -0.379 e. The zero-order chi connectivity index (χ0) is 15.2. The van der Waals surface area contributed by atoms with Crippen LogP contribution in [0, 0.1) is 0 Å². The van der Waals surface area contributed by atoms with Gasteiger partial charge < -0.3 is 14.8 Å². The highest BCUT2D eigenvalue weighted by Gasteiger charge is 2.34. The van der Waals surface area contributed by atoms with Crippen molar-refractivity contribution in [2.75, 3.05) is 39.5 Å². The van der Waals surface area contributed by atoms with E-state index in [0.717, 1.165) is 38.3 Å². The Morgan fingerprint density at radius 1 is 1.32 bits per heavy atom. The summed E-state index contributed by atoms with van der Waals surface area (Å²) in [6, 6.07) is 4.24. The van der Waals surface area contributed by atoms with Gasteiger partial charge in [-0.05, 0) is 18.1 Å². The molecule has 3 rings (SSSR count). The highest BCUT2D eigenvalue weighted by molar-refractivity contribution is 5.76. The molecule has 2 unspecified atom stereocenters. The molecule has 6 heteroatoms. The van der Waals surface area contributed by atoms with Gasteiger partial charge in [-0.1, -0.05) is 6.07 Å². The van der Waals surface area contributed by atoms with Crippen molar-refractivity contribution in [2.24, 2.45) is 0 Å². The van der Waals surface area contributed by atoms with E-state index in [-0.39, 0.29) is 18.0 Å². The van der Waals surface area contributed by atoms with E-state index in [1.54, 1.807) is 6.20 Å². The predicted molar refractivity (Wildman–Crippen MR) is 81.5 cm³/mol. The second kappa shape index (κ2) is 7.67. The van der Waals surface area contributed by atoms with Gasteiger partial charge in [-0.15, -0.1) is 0 Å². The lowest BCUT2D eigenvalue weighted by Crippen LogP contribution is -2.54. The molecule has 0 spiro atoms. The Hall–Kier alpha value is -1.50. The largest absolute Gasteiger partial charge is 0.379 e. The lowest BCUT2D eigenvalue weighted by atomic mass is 10.1. The number of nitrogens with one attached hydrogen (secondary N) is 1. The van der Waals surface area contributed by atoms with Crippen LogP contribution in [0.2, 0.25) is 0 Å². The van der Waals surface area contributed by atoms with E-state index in [4.69, 9.17) is 9.47 Å². The summed E-state index contributed by atoms with van der Waals surface area (Å²) in [5, 5.41) is 3.13. The Morgan fingerprint density at radius 3 is 2.95 bits per heavy atom. The number of hydrogen-bond donors (Lipinski definition) is 1. The Kier molecular flexibility index (Phi) is 5.37. The molecule has 2 atom stereocenters. The average Bonchev–Trinajstić information content (AvgIpc) is 3.03. The number of pyridine rings is 1. The molecule has 6 nitrogen and oxygen atoms in total. The van der Waals surface area contributed by atoms with E-state index in [2.05, 4.69) is 15.2 Å². The van der Waals surface area contributed by atoms with E-state index in [9.17, 15) is 4.79 Å². The van der Waals surface area contributed by atoms with Crippen molar-refractivity contribution in [3.8, 4) is 0 Å². The summed E-state index contributed by atoms with van der Waals surface area (Å²) in [4.78, 5) is 18.6. The molecule has 0 bridgehead atoms. The molecule has 2 fully saturated rings. The minimum absolute atomic E-state index is 0.0811. The van der Waals surface area contributed by atoms with Crippen LogP contribution in [0.4, 0.5) is 0 Å². The number of carbonyl (C=O) groups excluding carboxylic acids is 1. The van der Waals surface area contributed by atoms with Crippen molar-refractivity contribution in [2.45, 2.75) is 24.9 Å². The quantitative estimate of drug-likeness (QED) is 0.844. The molecule has 0 radical (unpaired) electrons. The van der Waals surface area contributed by atoms with Gasteiger partial charge >= 0.3 is 0 Å². The van der Waals surface area contributed by atoms with Crippen LogP contribution in [0.1, 0.15) is 12.0 Å². The van der Waals surface area contributed by atoms with E-state index >= 15 is 0 Å². The van der Waals surface area contributed by atoms with Crippen LogP contribution in [0.25, 0.3) is 0 Å². The third-order valence-corrected chi connectivity index (χ3v) is 4.28. The normalized spacial score (nSPS) is 26.0. The number of ether oxygens (including phenoxy) is 2.